The summed E-state index contributed by atoms with van der Waals surface area (Å²) >= 11 is 0. The maximum absolute atomic E-state index is 12.7. The fourth-order valence-electron chi connectivity index (χ4n) is 3.04. The van der Waals surface area contributed by atoms with Crippen molar-refractivity contribution in [3.63, 3.8) is 0 Å². The Morgan fingerprint density at radius 1 is 1.40 bits per heavy atom. The number of carbonyl (C=O) groups is 2. The van der Waals surface area contributed by atoms with E-state index in [1.54, 1.807) is 0 Å². The lowest BCUT2D eigenvalue weighted by molar-refractivity contribution is -0.146. The molecule has 1 saturated heterocycles. The lowest BCUT2D eigenvalue weighted by Gasteiger charge is -2.26. The van der Waals surface area contributed by atoms with Gasteiger partial charge in [-0.15, -0.1) is 0 Å². The number of azide groups is 1. The molecule has 0 bridgehead atoms. The van der Waals surface area contributed by atoms with E-state index >= 15 is 0 Å². The van der Waals surface area contributed by atoms with Crippen molar-refractivity contribution in [1.82, 2.24) is 5.32 Å². The number of amides is 1. The number of ether oxygens (including phenoxy) is 1. The molecule has 25 heavy (non-hydrogen) atoms. The van der Waals surface area contributed by atoms with Crippen LogP contribution >= 0.6 is 0 Å². The Kier molecular flexibility index (Phi) is 7.29. The van der Waals surface area contributed by atoms with Gasteiger partial charge in [-0.05, 0) is 30.4 Å². The standard InChI is InChI=1S/C18H24N4O3/c1-2-3-12-25-18(24)16(13-8-5-4-6-9-13)14-10-7-11-15(21-22-19)17(23)20-14/h4-6,8-9,14-16H,2-3,7,10-12H2,1H3,(H,20,23). The number of hydrogen-bond donors (Lipinski definition) is 1. The van der Waals surface area contributed by atoms with Crippen molar-refractivity contribution in [2.45, 2.75) is 57.0 Å². The summed E-state index contributed by atoms with van der Waals surface area (Å²) in [5, 5.41) is 6.43. The summed E-state index contributed by atoms with van der Waals surface area (Å²) < 4.78 is 5.43. The monoisotopic (exact) mass is 344 g/mol. The van der Waals surface area contributed by atoms with E-state index in [1.165, 1.54) is 0 Å². The van der Waals surface area contributed by atoms with Gasteiger partial charge in [0.2, 0.25) is 5.91 Å². The van der Waals surface area contributed by atoms with Gasteiger partial charge in [-0.2, -0.15) is 0 Å². The van der Waals surface area contributed by atoms with Gasteiger partial charge in [0.1, 0.15) is 12.0 Å². The molecule has 0 radical (unpaired) electrons. The van der Waals surface area contributed by atoms with Crippen LogP contribution in [0.3, 0.4) is 0 Å². The maximum Gasteiger partial charge on any atom is 0.315 e. The summed E-state index contributed by atoms with van der Waals surface area (Å²) in [6.45, 7) is 2.41. The summed E-state index contributed by atoms with van der Waals surface area (Å²) in [7, 11) is 0. The highest BCUT2D eigenvalue weighted by atomic mass is 16.5. The van der Waals surface area contributed by atoms with Crippen molar-refractivity contribution in [1.29, 1.82) is 0 Å². The molecule has 3 atom stereocenters. The lowest BCUT2D eigenvalue weighted by atomic mass is 9.89. The third-order valence-corrected chi connectivity index (χ3v) is 4.37. The second-order valence-electron chi connectivity index (χ2n) is 6.18. The highest BCUT2D eigenvalue weighted by Crippen LogP contribution is 2.27. The van der Waals surface area contributed by atoms with E-state index < -0.39 is 12.0 Å². The zero-order valence-corrected chi connectivity index (χ0v) is 14.4. The predicted molar refractivity (Wildman–Crippen MR) is 93.8 cm³/mol. The second kappa shape index (κ2) is 9.69. The molecule has 1 N–H and O–H groups in total. The lowest BCUT2D eigenvalue weighted by Crippen LogP contribution is -2.44. The molecule has 0 spiro atoms. The van der Waals surface area contributed by atoms with Gasteiger partial charge in [0.05, 0.1) is 6.61 Å². The van der Waals surface area contributed by atoms with E-state index in [-0.39, 0.29) is 17.9 Å². The second-order valence-corrected chi connectivity index (χ2v) is 6.18. The quantitative estimate of drug-likeness (QED) is 0.269. The zero-order chi connectivity index (χ0) is 18.1. The van der Waals surface area contributed by atoms with Crippen LogP contribution in [-0.4, -0.2) is 30.6 Å². The van der Waals surface area contributed by atoms with E-state index in [2.05, 4.69) is 15.3 Å². The smallest absolute Gasteiger partial charge is 0.315 e. The topological polar surface area (TPSA) is 104 Å². The number of esters is 1. The molecule has 0 saturated carbocycles. The van der Waals surface area contributed by atoms with Gasteiger partial charge in [0.15, 0.2) is 0 Å². The molecule has 1 fully saturated rings. The Labute approximate surface area is 147 Å². The minimum atomic E-state index is -0.720. The summed E-state index contributed by atoms with van der Waals surface area (Å²) in [6.07, 6.45) is 3.56. The highest BCUT2D eigenvalue weighted by Gasteiger charge is 2.35. The first kappa shape index (κ1) is 18.8. The average Bonchev–Trinajstić information content (AvgIpc) is 2.79. The van der Waals surface area contributed by atoms with Crippen LogP contribution in [0.5, 0.6) is 0 Å². The van der Waals surface area contributed by atoms with Crippen LogP contribution in [0.15, 0.2) is 35.4 Å². The fourth-order valence-corrected chi connectivity index (χ4v) is 3.04. The van der Waals surface area contributed by atoms with E-state index in [4.69, 9.17) is 10.3 Å². The molecule has 7 nitrogen and oxygen atoms in total. The molecular formula is C18H24N4O3. The molecule has 1 aliphatic rings. The van der Waals surface area contributed by atoms with Crippen molar-refractivity contribution in [3.05, 3.63) is 46.3 Å². The molecule has 1 heterocycles. The van der Waals surface area contributed by atoms with Gasteiger partial charge in [-0.3, -0.25) is 9.59 Å². The van der Waals surface area contributed by atoms with Crippen LogP contribution in [-0.2, 0) is 14.3 Å². The Balaban J connectivity index is 2.21. The predicted octanol–water partition coefficient (Wildman–Crippen LogP) is 3.46. The molecule has 0 aliphatic carbocycles. The number of unbranched alkanes of at least 4 members (excludes halogenated alkanes) is 1. The zero-order valence-electron chi connectivity index (χ0n) is 14.4. The summed E-state index contributed by atoms with van der Waals surface area (Å²) in [5.74, 6) is -1.22. The Morgan fingerprint density at radius 2 is 2.16 bits per heavy atom. The van der Waals surface area contributed by atoms with E-state index in [9.17, 15) is 9.59 Å². The van der Waals surface area contributed by atoms with Gasteiger partial charge in [0.25, 0.3) is 0 Å². The van der Waals surface area contributed by atoms with Crippen molar-refractivity contribution in [2.24, 2.45) is 5.11 Å². The van der Waals surface area contributed by atoms with Crippen LogP contribution in [0.25, 0.3) is 10.4 Å². The van der Waals surface area contributed by atoms with E-state index in [0.29, 0.717) is 25.9 Å². The normalized spacial score (nSPS) is 21.4. The third kappa shape index (κ3) is 5.22. The number of rotatable bonds is 7. The number of carbonyl (C=O) groups excluding carboxylic acids is 2. The van der Waals surface area contributed by atoms with E-state index in [0.717, 1.165) is 18.4 Å². The van der Waals surface area contributed by atoms with Crippen molar-refractivity contribution >= 4 is 11.9 Å². The first-order valence-corrected chi connectivity index (χ1v) is 8.73. The van der Waals surface area contributed by atoms with Crippen molar-refractivity contribution < 1.29 is 14.3 Å². The fraction of sp³-hybridized carbons (Fsp3) is 0.556. The van der Waals surface area contributed by atoms with E-state index in [1.807, 2.05) is 37.3 Å². The first-order valence-electron chi connectivity index (χ1n) is 8.73. The molecule has 2 rings (SSSR count). The Hall–Kier alpha value is -2.53. The molecule has 1 aliphatic heterocycles. The van der Waals surface area contributed by atoms with Crippen LogP contribution in [0.2, 0.25) is 0 Å². The third-order valence-electron chi connectivity index (χ3n) is 4.37. The Morgan fingerprint density at radius 3 is 2.84 bits per heavy atom. The van der Waals surface area contributed by atoms with Crippen LogP contribution in [0.1, 0.15) is 50.5 Å². The molecule has 7 heteroatoms. The van der Waals surface area contributed by atoms with Gasteiger partial charge in [-0.25, -0.2) is 0 Å². The van der Waals surface area contributed by atoms with Crippen molar-refractivity contribution in [3.8, 4) is 0 Å². The molecule has 1 aromatic rings. The van der Waals surface area contributed by atoms with Crippen LogP contribution in [0.4, 0.5) is 0 Å². The summed E-state index contributed by atoms with van der Waals surface area (Å²) in [5.41, 5.74) is 9.41. The summed E-state index contributed by atoms with van der Waals surface area (Å²) in [6, 6.07) is 8.25. The van der Waals surface area contributed by atoms with Crippen LogP contribution in [0, 0.1) is 0 Å². The highest BCUT2D eigenvalue weighted by molar-refractivity contribution is 5.85. The van der Waals surface area contributed by atoms with Crippen LogP contribution < -0.4 is 5.32 Å². The minimum Gasteiger partial charge on any atom is -0.465 e. The van der Waals surface area contributed by atoms with Gasteiger partial charge in [0, 0.05) is 11.0 Å². The molecule has 134 valence electrons. The van der Waals surface area contributed by atoms with Gasteiger partial charge >= 0.3 is 5.97 Å². The maximum atomic E-state index is 12.7. The molecule has 3 unspecified atom stereocenters. The van der Waals surface area contributed by atoms with Gasteiger partial charge < -0.3 is 10.1 Å². The number of nitrogens with one attached hydrogen (secondary N) is 1. The SMILES string of the molecule is CCCCOC(=O)C(c1ccccc1)C1CCCC(N=[N+]=[N-])C(=O)N1. The minimum absolute atomic E-state index is 0.327. The van der Waals surface area contributed by atoms with Crippen molar-refractivity contribution in [2.75, 3.05) is 6.61 Å². The summed E-state index contributed by atoms with van der Waals surface area (Å²) in [4.78, 5) is 27.7. The molecular weight excluding hydrogens is 320 g/mol. The number of benzene rings is 1. The average molecular weight is 344 g/mol. The number of nitrogens with zero attached hydrogens (tertiary/aromatic N) is 3. The largest absolute Gasteiger partial charge is 0.465 e. The molecule has 1 amide bonds. The first-order chi connectivity index (χ1) is 12.2. The van der Waals surface area contributed by atoms with Gasteiger partial charge in [-0.1, -0.05) is 55.2 Å². The molecule has 0 aromatic heterocycles. The Bertz CT molecular complexity index is 628. The number of hydrogen-bond acceptors (Lipinski definition) is 4. The molecule has 1 aromatic carbocycles.